The Labute approximate surface area is 183 Å². The van der Waals surface area contributed by atoms with Crippen LogP contribution in [0.3, 0.4) is 0 Å². The SMILES string of the molecule is CCOc1cccc(NC2=C(c3ccc(C)cc3)C(=O)N(c3ccc(F)cc3F)C2=O)c1. The third-order valence-corrected chi connectivity index (χ3v) is 4.99. The molecule has 0 bridgehead atoms. The van der Waals surface area contributed by atoms with Crippen molar-refractivity contribution in [3.05, 3.63) is 95.2 Å². The molecule has 2 amide bonds. The minimum Gasteiger partial charge on any atom is -0.494 e. The molecule has 1 N–H and O–H groups in total. The molecule has 5 nitrogen and oxygen atoms in total. The van der Waals surface area contributed by atoms with Crippen molar-refractivity contribution in [1.82, 2.24) is 0 Å². The van der Waals surface area contributed by atoms with Gasteiger partial charge in [-0.05, 0) is 43.7 Å². The molecule has 0 aliphatic carbocycles. The smallest absolute Gasteiger partial charge is 0.282 e. The van der Waals surface area contributed by atoms with Crippen LogP contribution in [0, 0.1) is 18.6 Å². The highest BCUT2D eigenvalue weighted by Gasteiger charge is 2.41. The fourth-order valence-corrected chi connectivity index (χ4v) is 3.49. The van der Waals surface area contributed by atoms with Crippen LogP contribution in [0.5, 0.6) is 5.75 Å². The van der Waals surface area contributed by atoms with Crippen LogP contribution < -0.4 is 15.0 Å². The fraction of sp³-hybridized carbons (Fsp3) is 0.120. The van der Waals surface area contributed by atoms with Crippen molar-refractivity contribution in [2.24, 2.45) is 0 Å². The minimum atomic E-state index is -1.01. The highest BCUT2D eigenvalue weighted by atomic mass is 19.1. The zero-order valence-corrected chi connectivity index (χ0v) is 17.5. The van der Waals surface area contributed by atoms with E-state index in [1.165, 1.54) is 0 Å². The van der Waals surface area contributed by atoms with Crippen molar-refractivity contribution in [2.45, 2.75) is 13.8 Å². The molecule has 4 rings (SSSR count). The number of carbonyl (C=O) groups excluding carboxylic acids is 2. The molecular weight excluding hydrogens is 414 g/mol. The van der Waals surface area contributed by atoms with E-state index in [4.69, 9.17) is 4.74 Å². The highest BCUT2D eigenvalue weighted by molar-refractivity contribution is 6.46. The second-order valence-corrected chi connectivity index (χ2v) is 7.24. The molecule has 0 saturated heterocycles. The molecule has 0 saturated carbocycles. The Hall–Kier alpha value is -4.00. The summed E-state index contributed by atoms with van der Waals surface area (Å²) in [7, 11) is 0. The lowest BCUT2D eigenvalue weighted by Crippen LogP contribution is -2.33. The summed E-state index contributed by atoms with van der Waals surface area (Å²) >= 11 is 0. The first kappa shape index (κ1) is 21.2. The quantitative estimate of drug-likeness (QED) is 0.551. The van der Waals surface area contributed by atoms with Crippen molar-refractivity contribution in [1.29, 1.82) is 0 Å². The number of aryl methyl sites for hydroxylation is 1. The summed E-state index contributed by atoms with van der Waals surface area (Å²) in [6.07, 6.45) is 0. The lowest BCUT2D eigenvalue weighted by atomic mass is 10.0. The molecule has 0 fully saturated rings. The van der Waals surface area contributed by atoms with Crippen LogP contribution in [0.2, 0.25) is 0 Å². The third-order valence-electron chi connectivity index (χ3n) is 4.99. The molecule has 7 heteroatoms. The zero-order valence-electron chi connectivity index (χ0n) is 17.5. The standard InChI is InChI=1S/C25H20F2N2O3/c1-3-32-19-6-4-5-18(14-19)28-23-22(16-9-7-15(2)8-10-16)24(30)29(25(23)31)21-12-11-17(26)13-20(21)27/h4-14,28H,3H2,1-2H3. The number of amides is 2. The number of rotatable bonds is 6. The number of hydrogen-bond donors (Lipinski definition) is 1. The van der Waals surface area contributed by atoms with Gasteiger partial charge in [0.2, 0.25) is 0 Å². The van der Waals surface area contributed by atoms with Gasteiger partial charge in [0.1, 0.15) is 23.1 Å². The molecular formula is C25H20F2N2O3. The summed E-state index contributed by atoms with van der Waals surface area (Å²) in [5.74, 6) is -2.66. The minimum absolute atomic E-state index is 0.00349. The number of hydrogen-bond acceptors (Lipinski definition) is 4. The van der Waals surface area contributed by atoms with E-state index < -0.39 is 23.4 Å². The van der Waals surface area contributed by atoms with Crippen molar-refractivity contribution < 1.29 is 23.1 Å². The Morgan fingerprint density at radius 3 is 2.38 bits per heavy atom. The first-order valence-corrected chi connectivity index (χ1v) is 10.0. The molecule has 0 unspecified atom stereocenters. The Morgan fingerprint density at radius 1 is 0.938 bits per heavy atom. The second kappa shape index (κ2) is 8.63. The van der Waals surface area contributed by atoms with Crippen LogP contribution >= 0.6 is 0 Å². The van der Waals surface area contributed by atoms with Gasteiger partial charge in [-0.3, -0.25) is 9.59 Å². The summed E-state index contributed by atoms with van der Waals surface area (Å²) < 4.78 is 33.4. The monoisotopic (exact) mass is 434 g/mol. The van der Waals surface area contributed by atoms with E-state index in [9.17, 15) is 18.4 Å². The maximum absolute atomic E-state index is 14.5. The number of halogens is 2. The van der Waals surface area contributed by atoms with Gasteiger partial charge in [0, 0.05) is 17.8 Å². The van der Waals surface area contributed by atoms with E-state index in [2.05, 4.69) is 5.32 Å². The van der Waals surface area contributed by atoms with Crippen LogP contribution in [0.15, 0.2) is 72.4 Å². The summed E-state index contributed by atoms with van der Waals surface area (Å²) in [5.41, 5.74) is 1.79. The summed E-state index contributed by atoms with van der Waals surface area (Å²) in [6, 6.07) is 16.7. The molecule has 3 aromatic carbocycles. The van der Waals surface area contributed by atoms with E-state index in [0.29, 0.717) is 29.7 Å². The fourth-order valence-electron chi connectivity index (χ4n) is 3.49. The first-order valence-electron chi connectivity index (χ1n) is 10.0. The van der Waals surface area contributed by atoms with Crippen molar-refractivity contribution in [3.63, 3.8) is 0 Å². The van der Waals surface area contributed by atoms with Crippen LogP contribution in [-0.4, -0.2) is 18.4 Å². The van der Waals surface area contributed by atoms with Crippen molar-refractivity contribution in [2.75, 3.05) is 16.8 Å². The molecule has 1 heterocycles. The highest BCUT2D eigenvalue weighted by Crippen LogP contribution is 2.35. The zero-order chi connectivity index (χ0) is 22.8. The molecule has 0 aromatic heterocycles. The third kappa shape index (κ3) is 3.97. The van der Waals surface area contributed by atoms with Gasteiger partial charge in [0.15, 0.2) is 0 Å². The normalized spacial score (nSPS) is 13.7. The molecule has 0 spiro atoms. The lowest BCUT2D eigenvalue weighted by Gasteiger charge is -2.16. The van der Waals surface area contributed by atoms with E-state index in [-0.39, 0.29) is 17.0 Å². The number of nitrogens with zero attached hydrogens (tertiary/aromatic N) is 1. The van der Waals surface area contributed by atoms with E-state index in [1.54, 1.807) is 36.4 Å². The van der Waals surface area contributed by atoms with Crippen LogP contribution in [-0.2, 0) is 9.59 Å². The number of imide groups is 1. The topological polar surface area (TPSA) is 58.6 Å². The maximum atomic E-state index is 14.5. The van der Waals surface area contributed by atoms with E-state index in [0.717, 1.165) is 22.6 Å². The number of ether oxygens (including phenoxy) is 1. The Morgan fingerprint density at radius 2 is 1.69 bits per heavy atom. The number of benzene rings is 3. The maximum Gasteiger partial charge on any atom is 0.282 e. The van der Waals surface area contributed by atoms with E-state index in [1.807, 2.05) is 26.0 Å². The Kier molecular flexibility index (Phi) is 5.73. The average Bonchev–Trinajstić information content (AvgIpc) is 2.99. The van der Waals surface area contributed by atoms with Gasteiger partial charge in [0.25, 0.3) is 11.8 Å². The second-order valence-electron chi connectivity index (χ2n) is 7.24. The predicted molar refractivity (Wildman–Crippen MR) is 118 cm³/mol. The van der Waals surface area contributed by atoms with Crippen LogP contribution in [0.4, 0.5) is 20.2 Å². The lowest BCUT2D eigenvalue weighted by molar-refractivity contribution is -0.120. The molecule has 3 aromatic rings. The molecule has 0 atom stereocenters. The summed E-state index contributed by atoms with van der Waals surface area (Å²) in [5, 5.41) is 3.00. The van der Waals surface area contributed by atoms with Crippen LogP contribution in [0.25, 0.3) is 5.57 Å². The van der Waals surface area contributed by atoms with Crippen molar-refractivity contribution >= 4 is 28.8 Å². The van der Waals surface area contributed by atoms with Gasteiger partial charge in [-0.2, -0.15) is 0 Å². The summed E-state index contributed by atoms with van der Waals surface area (Å²) in [4.78, 5) is 27.4. The molecule has 0 radical (unpaired) electrons. The molecule has 1 aliphatic heterocycles. The van der Waals surface area contributed by atoms with Crippen LogP contribution in [0.1, 0.15) is 18.1 Å². The number of anilines is 2. The molecule has 162 valence electrons. The van der Waals surface area contributed by atoms with Gasteiger partial charge >= 0.3 is 0 Å². The first-order chi connectivity index (χ1) is 15.4. The van der Waals surface area contributed by atoms with Gasteiger partial charge in [0.05, 0.1) is 17.9 Å². The summed E-state index contributed by atoms with van der Waals surface area (Å²) in [6.45, 7) is 4.22. The predicted octanol–water partition coefficient (Wildman–Crippen LogP) is 5.07. The van der Waals surface area contributed by atoms with Gasteiger partial charge in [-0.15, -0.1) is 0 Å². The number of nitrogens with one attached hydrogen (secondary N) is 1. The number of carbonyl (C=O) groups is 2. The Balaban J connectivity index is 1.81. The molecule has 32 heavy (non-hydrogen) atoms. The van der Waals surface area contributed by atoms with Crippen molar-refractivity contribution in [3.8, 4) is 5.75 Å². The van der Waals surface area contributed by atoms with Gasteiger partial charge in [-0.25, -0.2) is 13.7 Å². The van der Waals surface area contributed by atoms with Gasteiger partial charge < -0.3 is 10.1 Å². The largest absolute Gasteiger partial charge is 0.494 e. The average molecular weight is 434 g/mol. The Bertz CT molecular complexity index is 1240. The van der Waals surface area contributed by atoms with Gasteiger partial charge in [-0.1, -0.05) is 35.9 Å². The molecule has 1 aliphatic rings. The van der Waals surface area contributed by atoms with E-state index >= 15 is 0 Å².